The maximum atomic E-state index is 13.1. The van der Waals surface area contributed by atoms with Crippen LogP contribution >= 0.6 is 0 Å². The highest BCUT2D eigenvalue weighted by Gasteiger charge is 2.53. The van der Waals surface area contributed by atoms with Crippen molar-refractivity contribution in [2.24, 2.45) is 0 Å². The Hall–Kier alpha value is -2.49. The van der Waals surface area contributed by atoms with Crippen molar-refractivity contribution in [3.63, 3.8) is 0 Å². The van der Waals surface area contributed by atoms with Crippen LogP contribution in [0, 0.1) is 0 Å². The van der Waals surface area contributed by atoms with Gasteiger partial charge in [-0.2, -0.15) is 0 Å². The molecule has 0 saturated carbocycles. The second-order valence-electron chi connectivity index (χ2n) is 7.96. The molecule has 31 heavy (non-hydrogen) atoms. The van der Waals surface area contributed by atoms with E-state index in [1.807, 2.05) is 24.3 Å². The SMILES string of the molecule is CO[C@H]1CN(C(=O)OCC2c3ccccc3-c3ccccc32)[C@H]2O[C@H](CO)[C@@H](O)[C@H]2O1. The second-order valence-corrected chi connectivity index (χ2v) is 7.96. The Bertz CT molecular complexity index is 921. The Morgan fingerprint density at radius 3 is 2.35 bits per heavy atom. The van der Waals surface area contributed by atoms with Gasteiger partial charge in [-0.05, 0) is 22.3 Å². The van der Waals surface area contributed by atoms with Gasteiger partial charge in [-0.3, -0.25) is 4.90 Å². The molecule has 0 aromatic heterocycles. The van der Waals surface area contributed by atoms with Crippen LogP contribution in [0.5, 0.6) is 0 Å². The van der Waals surface area contributed by atoms with Crippen LogP contribution in [0.15, 0.2) is 48.5 Å². The normalized spacial score (nSPS) is 29.4. The first-order valence-electron chi connectivity index (χ1n) is 10.4. The van der Waals surface area contributed by atoms with Crippen molar-refractivity contribution in [3.8, 4) is 11.1 Å². The van der Waals surface area contributed by atoms with Crippen LogP contribution in [-0.4, -0.2) is 78.9 Å². The number of amides is 1. The van der Waals surface area contributed by atoms with Gasteiger partial charge in [0.15, 0.2) is 12.5 Å². The number of aliphatic hydroxyl groups is 2. The predicted octanol–water partition coefficient (Wildman–Crippen LogP) is 1.69. The Labute approximate surface area is 179 Å². The van der Waals surface area contributed by atoms with Crippen LogP contribution in [-0.2, 0) is 18.9 Å². The molecule has 5 atom stereocenters. The molecule has 2 fully saturated rings. The number of carbonyl (C=O) groups is 1. The van der Waals surface area contributed by atoms with Gasteiger partial charge in [-0.15, -0.1) is 0 Å². The average molecular weight is 427 g/mol. The number of ether oxygens (including phenoxy) is 4. The van der Waals surface area contributed by atoms with Crippen molar-refractivity contribution in [1.82, 2.24) is 4.90 Å². The van der Waals surface area contributed by atoms with Gasteiger partial charge in [-0.25, -0.2) is 4.79 Å². The molecule has 2 aliphatic heterocycles. The molecule has 2 saturated heterocycles. The van der Waals surface area contributed by atoms with Gasteiger partial charge in [0.1, 0.15) is 24.9 Å². The molecule has 0 radical (unpaired) electrons. The van der Waals surface area contributed by atoms with Crippen molar-refractivity contribution in [3.05, 3.63) is 59.7 Å². The minimum absolute atomic E-state index is 0.0633. The van der Waals surface area contributed by atoms with Gasteiger partial charge in [0.25, 0.3) is 0 Å². The Balaban J connectivity index is 1.34. The molecule has 2 aromatic rings. The van der Waals surface area contributed by atoms with Crippen LogP contribution in [0.4, 0.5) is 4.79 Å². The molecule has 2 N–H and O–H groups in total. The fourth-order valence-electron chi connectivity index (χ4n) is 4.74. The number of nitrogens with zero attached hydrogens (tertiary/aromatic N) is 1. The highest BCUT2D eigenvalue weighted by molar-refractivity contribution is 5.79. The van der Waals surface area contributed by atoms with E-state index < -0.39 is 36.9 Å². The molecule has 0 bridgehead atoms. The summed E-state index contributed by atoms with van der Waals surface area (Å²) >= 11 is 0. The number of fused-ring (bicyclic) bond motifs is 4. The number of hydrogen-bond donors (Lipinski definition) is 2. The molecule has 0 unspecified atom stereocenters. The van der Waals surface area contributed by atoms with E-state index in [-0.39, 0.29) is 25.7 Å². The quantitative estimate of drug-likeness (QED) is 0.766. The molecule has 2 heterocycles. The Morgan fingerprint density at radius 1 is 1.10 bits per heavy atom. The largest absolute Gasteiger partial charge is 0.448 e. The molecule has 1 amide bonds. The molecular formula is C23H25NO7. The smallest absolute Gasteiger partial charge is 0.412 e. The third kappa shape index (κ3) is 3.40. The van der Waals surface area contributed by atoms with Crippen molar-refractivity contribution >= 4 is 6.09 Å². The fraction of sp³-hybridized carbons (Fsp3) is 0.435. The molecular weight excluding hydrogens is 402 g/mol. The third-order valence-electron chi connectivity index (χ3n) is 6.29. The zero-order chi connectivity index (χ0) is 21.5. The molecule has 0 spiro atoms. The number of benzene rings is 2. The van der Waals surface area contributed by atoms with E-state index in [0.717, 1.165) is 22.3 Å². The highest BCUT2D eigenvalue weighted by Crippen LogP contribution is 2.44. The number of rotatable bonds is 4. The summed E-state index contributed by atoms with van der Waals surface area (Å²) in [7, 11) is 1.46. The molecule has 5 rings (SSSR count). The lowest BCUT2D eigenvalue weighted by Gasteiger charge is -2.39. The standard InChI is InChI=1S/C23H25NO7/c1-28-19-10-24(22-21(31-19)20(26)18(11-25)30-22)23(27)29-12-17-15-8-4-2-6-13(15)14-7-3-5-9-16(14)17/h2-9,17-22,25-26H,10-12H2,1H3/t18-,19-,20-,21-,22+/m1/s1. The van der Waals surface area contributed by atoms with Crippen LogP contribution < -0.4 is 0 Å². The van der Waals surface area contributed by atoms with Gasteiger partial charge in [-0.1, -0.05) is 48.5 Å². The Kier molecular flexibility index (Phi) is 5.41. The van der Waals surface area contributed by atoms with E-state index in [9.17, 15) is 15.0 Å². The van der Waals surface area contributed by atoms with Gasteiger partial charge >= 0.3 is 6.09 Å². The first-order valence-corrected chi connectivity index (χ1v) is 10.4. The Morgan fingerprint density at radius 2 is 1.74 bits per heavy atom. The predicted molar refractivity (Wildman–Crippen MR) is 109 cm³/mol. The topological polar surface area (TPSA) is 97.7 Å². The van der Waals surface area contributed by atoms with Crippen LogP contribution in [0.1, 0.15) is 17.0 Å². The summed E-state index contributed by atoms with van der Waals surface area (Å²) in [6.45, 7) is -0.113. The van der Waals surface area contributed by atoms with Crippen LogP contribution in [0.25, 0.3) is 11.1 Å². The lowest BCUT2D eigenvalue weighted by atomic mass is 9.98. The zero-order valence-electron chi connectivity index (χ0n) is 17.1. The van der Waals surface area contributed by atoms with Crippen LogP contribution in [0.2, 0.25) is 0 Å². The minimum atomic E-state index is -1.07. The minimum Gasteiger partial charge on any atom is -0.448 e. The lowest BCUT2D eigenvalue weighted by molar-refractivity contribution is -0.242. The van der Waals surface area contributed by atoms with Gasteiger partial charge in [0, 0.05) is 13.0 Å². The summed E-state index contributed by atoms with van der Waals surface area (Å²) in [4.78, 5) is 14.4. The van der Waals surface area contributed by atoms with E-state index in [1.165, 1.54) is 12.0 Å². The zero-order valence-corrected chi connectivity index (χ0v) is 17.1. The summed E-state index contributed by atoms with van der Waals surface area (Å²) in [6.07, 6.45) is -4.89. The first kappa shape index (κ1) is 20.4. The van der Waals surface area contributed by atoms with E-state index in [2.05, 4.69) is 24.3 Å². The summed E-state index contributed by atoms with van der Waals surface area (Å²) in [5.41, 5.74) is 4.55. The number of morpholine rings is 1. The summed E-state index contributed by atoms with van der Waals surface area (Å²) < 4.78 is 22.4. The fourth-order valence-corrected chi connectivity index (χ4v) is 4.74. The van der Waals surface area contributed by atoms with Crippen molar-refractivity contribution < 1.29 is 34.0 Å². The van der Waals surface area contributed by atoms with E-state index in [4.69, 9.17) is 18.9 Å². The number of hydrogen-bond acceptors (Lipinski definition) is 7. The van der Waals surface area contributed by atoms with Crippen LogP contribution in [0.3, 0.4) is 0 Å². The van der Waals surface area contributed by atoms with E-state index >= 15 is 0 Å². The number of carbonyl (C=O) groups excluding carboxylic acids is 1. The van der Waals surface area contributed by atoms with Gasteiger partial charge in [0.05, 0.1) is 13.2 Å². The van der Waals surface area contributed by atoms with Crippen molar-refractivity contribution in [2.75, 3.05) is 26.9 Å². The maximum absolute atomic E-state index is 13.1. The second kappa shape index (κ2) is 8.22. The molecule has 164 valence electrons. The lowest BCUT2D eigenvalue weighted by Crippen LogP contribution is -2.58. The average Bonchev–Trinajstić information content (AvgIpc) is 3.31. The molecule has 1 aliphatic carbocycles. The van der Waals surface area contributed by atoms with Gasteiger partial charge < -0.3 is 29.2 Å². The summed E-state index contributed by atoms with van der Waals surface area (Å²) in [5, 5.41) is 19.8. The first-order chi connectivity index (χ1) is 15.1. The molecule has 8 heteroatoms. The summed E-state index contributed by atoms with van der Waals surface area (Å²) in [6, 6.07) is 16.2. The third-order valence-corrected chi connectivity index (χ3v) is 6.29. The molecule has 3 aliphatic rings. The maximum Gasteiger partial charge on any atom is 0.412 e. The number of aliphatic hydroxyl groups excluding tert-OH is 2. The highest BCUT2D eigenvalue weighted by atomic mass is 16.7. The van der Waals surface area contributed by atoms with E-state index in [0.29, 0.717) is 0 Å². The number of methoxy groups -OCH3 is 1. The van der Waals surface area contributed by atoms with Gasteiger partial charge in [0.2, 0.25) is 0 Å². The monoisotopic (exact) mass is 427 g/mol. The summed E-state index contributed by atoms with van der Waals surface area (Å²) in [5.74, 6) is -0.0633. The van der Waals surface area contributed by atoms with Crippen molar-refractivity contribution in [2.45, 2.75) is 36.7 Å². The van der Waals surface area contributed by atoms with Crippen molar-refractivity contribution in [1.29, 1.82) is 0 Å². The molecule has 2 aromatic carbocycles. The van der Waals surface area contributed by atoms with E-state index in [1.54, 1.807) is 0 Å². The molecule has 8 nitrogen and oxygen atoms in total.